The maximum atomic E-state index is 8.85. The number of aromatic nitrogens is 1. The van der Waals surface area contributed by atoms with E-state index in [9.17, 15) is 0 Å². The normalized spacial score (nSPS) is 12.9. The minimum absolute atomic E-state index is 0.231. The molecule has 0 aromatic carbocycles. The number of rotatable bonds is 5. The molecule has 1 atom stereocenters. The van der Waals surface area contributed by atoms with Crippen molar-refractivity contribution in [2.24, 2.45) is 0 Å². The summed E-state index contributed by atoms with van der Waals surface area (Å²) in [6.07, 6.45) is 1.80. The first-order valence-corrected chi connectivity index (χ1v) is 5.80. The Labute approximate surface area is 89.2 Å². The highest BCUT2D eigenvalue weighted by Gasteiger charge is 2.08. The van der Waals surface area contributed by atoms with E-state index in [0.717, 1.165) is 23.7 Å². The van der Waals surface area contributed by atoms with Gasteiger partial charge in [0.05, 0.1) is 5.69 Å². The Kier molecular flexibility index (Phi) is 4.35. The molecule has 4 heteroatoms. The van der Waals surface area contributed by atoms with Crippen LogP contribution in [0.2, 0.25) is 0 Å². The van der Waals surface area contributed by atoms with Gasteiger partial charge in [-0.05, 0) is 26.7 Å². The lowest BCUT2D eigenvalue weighted by Crippen LogP contribution is -2.19. The average molecular weight is 214 g/mol. The van der Waals surface area contributed by atoms with Crippen LogP contribution in [0.4, 0.5) is 5.13 Å². The molecule has 0 amide bonds. The van der Waals surface area contributed by atoms with Crippen molar-refractivity contribution in [2.75, 3.05) is 11.9 Å². The largest absolute Gasteiger partial charge is 0.396 e. The highest BCUT2D eigenvalue weighted by molar-refractivity contribution is 7.15. The summed E-state index contributed by atoms with van der Waals surface area (Å²) in [6, 6.07) is 0.338. The molecule has 1 rings (SSSR count). The van der Waals surface area contributed by atoms with E-state index in [1.165, 1.54) is 4.88 Å². The minimum Gasteiger partial charge on any atom is -0.396 e. The second-order valence-electron chi connectivity index (χ2n) is 3.42. The van der Waals surface area contributed by atoms with Crippen LogP contribution in [0.3, 0.4) is 0 Å². The molecule has 0 aliphatic carbocycles. The van der Waals surface area contributed by atoms with Gasteiger partial charge in [-0.15, -0.1) is 11.3 Å². The van der Waals surface area contributed by atoms with Crippen LogP contribution in [0, 0.1) is 13.8 Å². The summed E-state index contributed by atoms with van der Waals surface area (Å²) in [5, 5.41) is 13.2. The molecular formula is C10H18N2OS. The quantitative estimate of drug-likeness (QED) is 0.790. The first-order valence-electron chi connectivity index (χ1n) is 4.98. The van der Waals surface area contributed by atoms with Crippen LogP contribution in [0.1, 0.15) is 30.3 Å². The van der Waals surface area contributed by atoms with E-state index in [4.69, 9.17) is 5.11 Å². The molecule has 0 radical (unpaired) electrons. The summed E-state index contributed by atoms with van der Waals surface area (Å²) in [5.41, 5.74) is 1.09. The topological polar surface area (TPSA) is 45.1 Å². The molecule has 0 spiro atoms. The predicted molar refractivity (Wildman–Crippen MR) is 61.0 cm³/mol. The number of hydrogen-bond donors (Lipinski definition) is 2. The molecule has 1 aromatic rings. The number of anilines is 1. The lowest BCUT2D eigenvalue weighted by molar-refractivity contribution is 0.278. The fourth-order valence-electron chi connectivity index (χ4n) is 1.24. The van der Waals surface area contributed by atoms with Crippen molar-refractivity contribution in [1.82, 2.24) is 4.98 Å². The molecule has 1 aromatic heterocycles. The zero-order chi connectivity index (χ0) is 10.6. The smallest absolute Gasteiger partial charge is 0.183 e. The Morgan fingerprint density at radius 2 is 2.21 bits per heavy atom. The number of aliphatic hydroxyl groups is 1. The van der Waals surface area contributed by atoms with Crippen LogP contribution in [0.15, 0.2) is 0 Å². The van der Waals surface area contributed by atoms with Gasteiger partial charge in [0.1, 0.15) is 0 Å². The zero-order valence-electron chi connectivity index (χ0n) is 9.00. The van der Waals surface area contributed by atoms with E-state index < -0.39 is 0 Å². The first-order chi connectivity index (χ1) is 6.67. The summed E-state index contributed by atoms with van der Waals surface area (Å²) >= 11 is 1.68. The van der Waals surface area contributed by atoms with Crippen LogP contribution in [0.5, 0.6) is 0 Å². The molecular weight excluding hydrogens is 196 g/mol. The standard InChI is InChI=1S/C10H18N2OS/c1-4-9(5-6-13)12-10-11-7(2)8(3)14-10/h9,13H,4-6H2,1-3H3,(H,11,12). The number of hydrogen-bond acceptors (Lipinski definition) is 4. The molecule has 80 valence electrons. The Morgan fingerprint density at radius 1 is 1.50 bits per heavy atom. The van der Waals surface area contributed by atoms with Gasteiger partial charge in [-0.3, -0.25) is 0 Å². The monoisotopic (exact) mass is 214 g/mol. The fraction of sp³-hybridized carbons (Fsp3) is 0.700. The number of nitrogens with one attached hydrogen (secondary N) is 1. The summed E-state index contributed by atoms with van der Waals surface area (Å²) < 4.78 is 0. The maximum absolute atomic E-state index is 8.85. The number of thiazole rings is 1. The number of aryl methyl sites for hydroxylation is 2. The van der Waals surface area contributed by atoms with Gasteiger partial charge >= 0.3 is 0 Å². The summed E-state index contributed by atoms with van der Waals surface area (Å²) in [4.78, 5) is 5.66. The van der Waals surface area contributed by atoms with Crippen molar-refractivity contribution in [2.45, 2.75) is 39.7 Å². The van der Waals surface area contributed by atoms with Crippen LogP contribution in [-0.2, 0) is 0 Å². The number of nitrogens with zero attached hydrogens (tertiary/aromatic N) is 1. The first kappa shape index (κ1) is 11.5. The molecule has 0 bridgehead atoms. The van der Waals surface area contributed by atoms with Gasteiger partial charge in [0.25, 0.3) is 0 Å². The maximum Gasteiger partial charge on any atom is 0.183 e. The highest BCUT2D eigenvalue weighted by atomic mass is 32.1. The summed E-state index contributed by atoms with van der Waals surface area (Å²) in [6.45, 7) is 6.44. The molecule has 3 nitrogen and oxygen atoms in total. The molecule has 0 aliphatic heterocycles. The van der Waals surface area contributed by atoms with Crippen molar-refractivity contribution >= 4 is 16.5 Å². The third kappa shape index (κ3) is 2.96. The third-order valence-electron chi connectivity index (χ3n) is 2.33. The van der Waals surface area contributed by atoms with Gasteiger partial charge in [-0.1, -0.05) is 6.92 Å². The molecule has 1 heterocycles. The fourth-order valence-corrected chi connectivity index (χ4v) is 2.13. The molecule has 14 heavy (non-hydrogen) atoms. The average Bonchev–Trinajstić information content (AvgIpc) is 2.45. The van der Waals surface area contributed by atoms with Crippen LogP contribution in [-0.4, -0.2) is 22.7 Å². The Morgan fingerprint density at radius 3 is 2.64 bits per heavy atom. The second kappa shape index (κ2) is 5.32. The second-order valence-corrected chi connectivity index (χ2v) is 4.63. The van der Waals surface area contributed by atoms with E-state index in [2.05, 4.69) is 24.1 Å². The van der Waals surface area contributed by atoms with Gasteiger partial charge in [0, 0.05) is 17.5 Å². The zero-order valence-corrected chi connectivity index (χ0v) is 9.82. The van der Waals surface area contributed by atoms with E-state index in [0.29, 0.717) is 6.04 Å². The van der Waals surface area contributed by atoms with Crippen LogP contribution >= 0.6 is 11.3 Å². The summed E-state index contributed by atoms with van der Waals surface area (Å²) in [5.74, 6) is 0. The van der Waals surface area contributed by atoms with Crippen LogP contribution in [0.25, 0.3) is 0 Å². The van der Waals surface area contributed by atoms with Gasteiger partial charge in [0.2, 0.25) is 0 Å². The number of aliphatic hydroxyl groups excluding tert-OH is 1. The summed E-state index contributed by atoms with van der Waals surface area (Å²) in [7, 11) is 0. The van der Waals surface area contributed by atoms with E-state index in [-0.39, 0.29) is 6.61 Å². The molecule has 0 saturated heterocycles. The van der Waals surface area contributed by atoms with Crippen molar-refractivity contribution in [1.29, 1.82) is 0 Å². The molecule has 2 N–H and O–H groups in total. The van der Waals surface area contributed by atoms with E-state index >= 15 is 0 Å². The molecule has 0 aliphatic rings. The van der Waals surface area contributed by atoms with Gasteiger partial charge in [0.15, 0.2) is 5.13 Å². The Bertz CT molecular complexity index is 266. The minimum atomic E-state index is 0.231. The molecule has 1 unspecified atom stereocenters. The molecule has 0 fully saturated rings. The third-order valence-corrected chi connectivity index (χ3v) is 3.33. The van der Waals surface area contributed by atoms with E-state index in [1.54, 1.807) is 11.3 Å². The predicted octanol–water partition coefficient (Wildman–Crippen LogP) is 2.33. The Balaban J connectivity index is 2.57. The van der Waals surface area contributed by atoms with Crippen molar-refractivity contribution in [3.05, 3.63) is 10.6 Å². The lowest BCUT2D eigenvalue weighted by atomic mass is 10.2. The Hall–Kier alpha value is -0.610. The van der Waals surface area contributed by atoms with E-state index in [1.807, 2.05) is 6.92 Å². The highest BCUT2D eigenvalue weighted by Crippen LogP contribution is 2.22. The van der Waals surface area contributed by atoms with Crippen molar-refractivity contribution < 1.29 is 5.11 Å². The SMILES string of the molecule is CCC(CCO)Nc1nc(C)c(C)s1. The van der Waals surface area contributed by atoms with Crippen molar-refractivity contribution in [3.8, 4) is 0 Å². The molecule has 0 saturated carbocycles. The van der Waals surface area contributed by atoms with Gasteiger partial charge in [-0.2, -0.15) is 0 Å². The van der Waals surface area contributed by atoms with Crippen molar-refractivity contribution in [3.63, 3.8) is 0 Å². The van der Waals surface area contributed by atoms with Gasteiger partial charge < -0.3 is 10.4 Å². The van der Waals surface area contributed by atoms with Gasteiger partial charge in [-0.25, -0.2) is 4.98 Å². The lowest BCUT2D eigenvalue weighted by Gasteiger charge is -2.14. The van der Waals surface area contributed by atoms with Crippen LogP contribution < -0.4 is 5.32 Å².